The molecule has 2 nitrogen and oxygen atoms in total. The highest BCUT2D eigenvalue weighted by atomic mass is 32.1. The van der Waals surface area contributed by atoms with E-state index in [1.54, 1.807) is 11.3 Å². The number of hydrogen-bond acceptors (Lipinski definition) is 3. The number of piperidine rings is 1. The summed E-state index contributed by atoms with van der Waals surface area (Å²) in [7, 11) is 0. The number of ether oxygens (including phenoxy) is 1. The van der Waals surface area contributed by atoms with Gasteiger partial charge in [0.2, 0.25) is 0 Å². The lowest BCUT2D eigenvalue weighted by Crippen LogP contribution is -2.30. The second kappa shape index (κ2) is 6.38. The van der Waals surface area contributed by atoms with Gasteiger partial charge in [0.15, 0.2) is 0 Å². The molecule has 16 heavy (non-hydrogen) atoms. The summed E-state index contributed by atoms with van der Waals surface area (Å²) in [5.41, 5.74) is 0. The molecule has 90 valence electrons. The Labute approximate surface area is 102 Å². The normalized spacial score (nSPS) is 23.2. The van der Waals surface area contributed by atoms with Crippen LogP contribution in [0.15, 0.2) is 17.5 Å². The smallest absolute Gasteiger partial charge is 0.0888 e. The van der Waals surface area contributed by atoms with Crippen LogP contribution in [-0.4, -0.2) is 19.7 Å². The second-order valence-corrected chi connectivity index (χ2v) is 5.51. The molecule has 0 radical (unpaired) electrons. The third-order valence-electron chi connectivity index (χ3n) is 3.24. The molecular formula is C13H21NOS. The van der Waals surface area contributed by atoms with Gasteiger partial charge in [0.25, 0.3) is 0 Å². The van der Waals surface area contributed by atoms with Crippen molar-refractivity contribution >= 4 is 11.3 Å². The highest BCUT2D eigenvalue weighted by Crippen LogP contribution is 2.23. The fraction of sp³-hybridized carbons (Fsp3) is 0.692. The largest absolute Gasteiger partial charge is 0.373 e. The molecule has 1 aromatic heterocycles. The van der Waals surface area contributed by atoms with Crippen molar-refractivity contribution in [2.45, 2.75) is 32.3 Å². The van der Waals surface area contributed by atoms with Crippen LogP contribution in [-0.2, 0) is 4.74 Å². The van der Waals surface area contributed by atoms with Crippen molar-refractivity contribution in [1.29, 1.82) is 0 Å². The van der Waals surface area contributed by atoms with Gasteiger partial charge in [0.1, 0.15) is 0 Å². The van der Waals surface area contributed by atoms with Gasteiger partial charge in [-0.25, -0.2) is 0 Å². The van der Waals surface area contributed by atoms with Gasteiger partial charge in [-0.05, 0) is 56.6 Å². The van der Waals surface area contributed by atoms with E-state index in [1.165, 1.54) is 37.2 Å². The van der Waals surface area contributed by atoms with Crippen LogP contribution in [0.3, 0.4) is 0 Å². The molecule has 2 atom stereocenters. The Hall–Kier alpha value is -0.380. The maximum absolute atomic E-state index is 5.87. The molecule has 0 aliphatic carbocycles. The van der Waals surface area contributed by atoms with Crippen molar-refractivity contribution in [3.8, 4) is 0 Å². The summed E-state index contributed by atoms with van der Waals surface area (Å²) in [6, 6.07) is 4.24. The van der Waals surface area contributed by atoms with Gasteiger partial charge in [0.05, 0.1) is 6.10 Å². The molecule has 1 aromatic rings. The molecule has 1 aliphatic rings. The summed E-state index contributed by atoms with van der Waals surface area (Å²) < 4.78 is 5.87. The summed E-state index contributed by atoms with van der Waals surface area (Å²) in [5, 5.41) is 5.56. The minimum atomic E-state index is 0.261. The highest BCUT2D eigenvalue weighted by Gasteiger charge is 2.13. The van der Waals surface area contributed by atoms with Gasteiger partial charge in [-0.3, -0.25) is 0 Å². The molecule has 1 saturated heterocycles. The molecule has 0 unspecified atom stereocenters. The molecule has 3 heteroatoms. The molecule has 0 amide bonds. The monoisotopic (exact) mass is 239 g/mol. The summed E-state index contributed by atoms with van der Waals surface area (Å²) in [6.45, 7) is 5.41. The molecule has 0 aromatic carbocycles. The standard InChI is InChI=1S/C13H21NOS/c1-11(13-5-3-9-16-13)15-8-6-12-4-2-7-14-10-12/h3,5,9,11-12,14H,2,4,6-8,10H2,1H3/t11-,12+/m0/s1. The number of rotatable bonds is 5. The van der Waals surface area contributed by atoms with E-state index in [-0.39, 0.29) is 6.10 Å². The van der Waals surface area contributed by atoms with Crippen molar-refractivity contribution in [3.05, 3.63) is 22.4 Å². The Morgan fingerprint density at radius 2 is 2.56 bits per heavy atom. The first-order valence-corrected chi connectivity index (χ1v) is 7.10. The van der Waals surface area contributed by atoms with Crippen LogP contribution in [0.1, 0.15) is 37.2 Å². The van der Waals surface area contributed by atoms with E-state index in [0.29, 0.717) is 0 Å². The average molecular weight is 239 g/mol. The van der Waals surface area contributed by atoms with Crippen molar-refractivity contribution in [2.24, 2.45) is 5.92 Å². The van der Waals surface area contributed by atoms with Gasteiger partial charge in [-0.15, -0.1) is 11.3 Å². The van der Waals surface area contributed by atoms with Gasteiger partial charge in [0, 0.05) is 11.5 Å². The zero-order valence-corrected chi connectivity index (χ0v) is 10.8. The van der Waals surface area contributed by atoms with Crippen LogP contribution in [0.25, 0.3) is 0 Å². The Morgan fingerprint density at radius 1 is 1.62 bits per heavy atom. The molecule has 2 heterocycles. The van der Waals surface area contributed by atoms with Gasteiger partial charge >= 0.3 is 0 Å². The van der Waals surface area contributed by atoms with Crippen LogP contribution in [0.4, 0.5) is 0 Å². The second-order valence-electron chi connectivity index (χ2n) is 4.53. The molecule has 2 rings (SSSR count). The molecule has 1 aliphatic heterocycles. The third kappa shape index (κ3) is 3.58. The van der Waals surface area contributed by atoms with Crippen molar-refractivity contribution < 1.29 is 4.74 Å². The maximum Gasteiger partial charge on any atom is 0.0888 e. The van der Waals surface area contributed by atoms with Crippen LogP contribution < -0.4 is 5.32 Å². The van der Waals surface area contributed by atoms with Crippen molar-refractivity contribution in [3.63, 3.8) is 0 Å². The van der Waals surface area contributed by atoms with Gasteiger partial charge in [-0.1, -0.05) is 6.07 Å². The number of nitrogens with one attached hydrogen (secondary N) is 1. The fourth-order valence-electron chi connectivity index (χ4n) is 2.19. The minimum absolute atomic E-state index is 0.261. The molecule has 0 bridgehead atoms. The molecule has 0 saturated carbocycles. The third-order valence-corrected chi connectivity index (χ3v) is 4.27. The maximum atomic E-state index is 5.87. The first kappa shape index (κ1) is 12.1. The van der Waals surface area contributed by atoms with E-state index in [0.717, 1.165) is 12.5 Å². The summed E-state index contributed by atoms with van der Waals surface area (Å²) >= 11 is 1.78. The van der Waals surface area contributed by atoms with E-state index < -0.39 is 0 Å². The first-order valence-electron chi connectivity index (χ1n) is 6.22. The van der Waals surface area contributed by atoms with Crippen LogP contribution in [0.5, 0.6) is 0 Å². The minimum Gasteiger partial charge on any atom is -0.373 e. The van der Waals surface area contributed by atoms with E-state index in [2.05, 4.69) is 29.8 Å². The Bertz CT molecular complexity index is 280. The lowest BCUT2D eigenvalue weighted by Gasteiger charge is -2.23. The number of thiophene rings is 1. The first-order chi connectivity index (χ1) is 7.86. The van der Waals surface area contributed by atoms with Crippen LogP contribution in [0, 0.1) is 5.92 Å². The lowest BCUT2D eigenvalue weighted by molar-refractivity contribution is 0.0560. The average Bonchev–Trinajstić information content (AvgIpc) is 2.84. The summed E-state index contributed by atoms with van der Waals surface area (Å²) in [5.74, 6) is 0.823. The molecule has 1 N–H and O–H groups in total. The quantitative estimate of drug-likeness (QED) is 0.852. The van der Waals surface area contributed by atoms with E-state index in [1.807, 2.05) is 0 Å². The predicted molar refractivity (Wildman–Crippen MR) is 68.9 cm³/mol. The number of hydrogen-bond donors (Lipinski definition) is 1. The van der Waals surface area contributed by atoms with Gasteiger partial charge in [-0.2, -0.15) is 0 Å². The summed E-state index contributed by atoms with van der Waals surface area (Å²) in [4.78, 5) is 1.33. The van der Waals surface area contributed by atoms with Crippen molar-refractivity contribution in [1.82, 2.24) is 5.32 Å². The Balaban J connectivity index is 1.63. The van der Waals surface area contributed by atoms with E-state index in [4.69, 9.17) is 4.74 Å². The lowest BCUT2D eigenvalue weighted by atomic mass is 9.97. The predicted octanol–water partition coefficient (Wildman–Crippen LogP) is 3.22. The molecule has 0 spiro atoms. The molecular weight excluding hydrogens is 218 g/mol. The topological polar surface area (TPSA) is 21.3 Å². The van der Waals surface area contributed by atoms with E-state index >= 15 is 0 Å². The fourth-order valence-corrected chi connectivity index (χ4v) is 2.92. The Kier molecular flexibility index (Phi) is 4.82. The van der Waals surface area contributed by atoms with Gasteiger partial charge < -0.3 is 10.1 Å². The summed E-state index contributed by atoms with van der Waals surface area (Å²) in [6.07, 6.45) is 4.15. The molecule has 1 fully saturated rings. The van der Waals surface area contributed by atoms with E-state index in [9.17, 15) is 0 Å². The highest BCUT2D eigenvalue weighted by molar-refractivity contribution is 7.10. The Morgan fingerprint density at radius 3 is 3.25 bits per heavy atom. The van der Waals surface area contributed by atoms with Crippen LogP contribution in [0.2, 0.25) is 0 Å². The SMILES string of the molecule is C[C@H](OCC[C@H]1CCCNC1)c1cccs1. The van der Waals surface area contributed by atoms with Crippen molar-refractivity contribution in [2.75, 3.05) is 19.7 Å². The zero-order chi connectivity index (χ0) is 11.2. The zero-order valence-electron chi connectivity index (χ0n) is 9.95. The van der Waals surface area contributed by atoms with Crippen LogP contribution >= 0.6 is 11.3 Å².